The molecular weight excluding hydrogens is 767 g/mol. The van der Waals surface area contributed by atoms with E-state index >= 15 is 0 Å². The molecule has 4 saturated carbocycles. The number of hydrogen-bond donors (Lipinski definition) is 0. The highest BCUT2D eigenvalue weighted by atomic mass is 28.3. The fourth-order valence-corrected chi connectivity index (χ4v) is 17.9. The molecule has 4 fully saturated rings. The van der Waals surface area contributed by atoms with Crippen LogP contribution < -0.4 is 10.4 Å². The number of benzene rings is 7. The second-order valence-electron chi connectivity index (χ2n) is 20.1. The van der Waals surface area contributed by atoms with Crippen LogP contribution in [-0.4, -0.2) is 23.0 Å². The molecule has 4 unspecified atom stereocenters. The molecule has 6 aliphatic rings. The molecule has 7 aromatic carbocycles. The summed E-state index contributed by atoms with van der Waals surface area (Å²) in [7, 11) is -1.82. The van der Waals surface area contributed by atoms with Crippen LogP contribution in [0.2, 0.25) is 13.1 Å². The van der Waals surface area contributed by atoms with E-state index in [2.05, 4.69) is 177 Å². The van der Waals surface area contributed by atoms with Crippen LogP contribution in [0.5, 0.6) is 0 Å². The molecule has 1 aromatic heterocycles. The summed E-state index contributed by atoms with van der Waals surface area (Å²) < 4.78 is 0. The first-order valence-electron chi connectivity index (χ1n) is 22.9. The van der Waals surface area contributed by atoms with E-state index in [0.29, 0.717) is 28.9 Å². The zero-order valence-corrected chi connectivity index (χ0v) is 36.3. The van der Waals surface area contributed by atoms with Crippen LogP contribution in [0.3, 0.4) is 0 Å². The van der Waals surface area contributed by atoms with Crippen LogP contribution in [0.15, 0.2) is 164 Å². The zero-order chi connectivity index (χ0) is 41.0. The van der Waals surface area contributed by atoms with Gasteiger partial charge in [0, 0.05) is 22.1 Å². The molecule has 62 heavy (non-hydrogen) atoms. The molecule has 5 aliphatic carbocycles. The van der Waals surface area contributed by atoms with E-state index in [4.69, 9.17) is 15.0 Å². The predicted molar refractivity (Wildman–Crippen MR) is 255 cm³/mol. The number of hydrogen-bond acceptors (Lipinski definition) is 3. The minimum Gasteiger partial charge on any atom is -0.208 e. The highest BCUT2D eigenvalue weighted by Crippen LogP contribution is 2.85. The molecule has 3 bridgehead atoms. The standard InChI is InChI=1S/C58H47N3Si/c1-62(2)49-22-10-9-19-43(49)44-25-23-41(32-50(44)62)40-24-26-45-48(31-40)58(51-28-35-27-36-29-52(58)57(51,33-35)34-36)47-21-12-20-46(53(45)47)56-60-54(38-15-7-4-8-16-38)59-55(61-56)42-18-11-17-39(30-42)37-13-5-3-6-14-37/h3-26,30-32,35-36,51-52H,27-29,33-34H2,1-2H3. The molecule has 4 atom stereocenters. The Bertz CT molecular complexity index is 3160. The van der Waals surface area contributed by atoms with Gasteiger partial charge in [-0.3, -0.25) is 0 Å². The summed E-state index contributed by atoms with van der Waals surface area (Å²) in [6.45, 7) is 5.07. The summed E-state index contributed by atoms with van der Waals surface area (Å²) >= 11 is 0. The molecule has 2 heterocycles. The van der Waals surface area contributed by atoms with Crippen molar-refractivity contribution >= 4 is 18.4 Å². The summed E-state index contributed by atoms with van der Waals surface area (Å²) in [5.74, 6) is 5.26. The molecule has 3 nitrogen and oxygen atoms in total. The first kappa shape index (κ1) is 35.4. The third-order valence-corrected chi connectivity index (χ3v) is 20.5. The van der Waals surface area contributed by atoms with Gasteiger partial charge in [-0.25, -0.2) is 15.0 Å². The van der Waals surface area contributed by atoms with Crippen LogP contribution in [0.1, 0.15) is 43.2 Å². The van der Waals surface area contributed by atoms with E-state index in [0.717, 1.165) is 39.9 Å². The molecule has 8 aromatic rings. The lowest BCUT2D eigenvalue weighted by molar-refractivity contribution is -0.0820. The number of fused-ring (bicyclic) bond motifs is 12. The van der Waals surface area contributed by atoms with E-state index in [9.17, 15) is 0 Å². The van der Waals surface area contributed by atoms with Crippen molar-refractivity contribution in [3.63, 3.8) is 0 Å². The van der Waals surface area contributed by atoms with Gasteiger partial charge in [-0.2, -0.15) is 0 Å². The smallest absolute Gasteiger partial charge is 0.164 e. The average Bonchev–Trinajstić information content (AvgIpc) is 3.94. The van der Waals surface area contributed by atoms with Crippen LogP contribution in [0, 0.1) is 29.1 Å². The number of nitrogens with zero attached hydrogens (tertiary/aromatic N) is 3. The molecule has 4 heteroatoms. The lowest BCUT2D eigenvalue weighted by Gasteiger charge is -2.64. The second kappa shape index (κ2) is 12.5. The van der Waals surface area contributed by atoms with Gasteiger partial charge in [0.05, 0.1) is 0 Å². The molecule has 0 saturated heterocycles. The Morgan fingerprint density at radius 1 is 0.419 bits per heavy atom. The molecule has 0 amide bonds. The first-order chi connectivity index (χ1) is 30.4. The first-order valence-corrected chi connectivity index (χ1v) is 25.9. The van der Waals surface area contributed by atoms with Gasteiger partial charge in [-0.05, 0) is 139 Å². The highest BCUT2D eigenvalue weighted by molar-refractivity contribution is 7.03. The maximum absolute atomic E-state index is 5.44. The minimum atomic E-state index is -1.82. The zero-order valence-electron chi connectivity index (χ0n) is 35.3. The molecule has 14 rings (SSSR count). The van der Waals surface area contributed by atoms with E-state index in [1.54, 1.807) is 15.9 Å². The Labute approximate surface area is 365 Å². The molecule has 0 N–H and O–H groups in total. The maximum Gasteiger partial charge on any atom is 0.164 e. The second-order valence-corrected chi connectivity index (χ2v) is 24.4. The van der Waals surface area contributed by atoms with Crippen molar-refractivity contribution in [3.05, 3.63) is 175 Å². The summed E-state index contributed by atoms with van der Waals surface area (Å²) in [6.07, 6.45) is 7.05. The van der Waals surface area contributed by atoms with Gasteiger partial charge in [-0.1, -0.05) is 165 Å². The fourth-order valence-electron chi connectivity index (χ4n) is 14.8. The quantitative estimate of drug-likeness (QED) is 0.163. The monoisotopic (exact) mass is 813 g/mol. The van der Waals surface area contributed by atoms with E-state index < -0.39 is 8.07 Å². The summed E-state index contributed by atoms with van der Waals surface area (Å²) in [4.78, 5) is 16.0. The van der Waals surface area contributed by atoms with Crippen molar-refractivity contribution in [1.82, 2.24) is 15.0 Å². The third-order valence-electron chi connectivity index (χ3n) is 16.9. The number of rotatable bonds is 5. The molecule has 298 valence electrons. The molecule has 2 spiro atoms. The normalized spacial score (nSPS) is 25.8. The van der Waals surface area contributed by atoms with Crippen LogP contribution >= 0.6 is 0 Å². The van der Waals surface area contributed by atoms with Crippen molar-refractivity contribution in [3.8, 4) is 78.7 Å². The van der Waals surface area contributed by atoms with Gasteiger partial charge < -0.3 is 0 Å². The lowest BCUT2D eigenvalue weighted by Crippen LogP contribution is -2.62. The Morgan fingerprint density at radius 3 is 1.76 bits per heavy atom. The molecule has 0 radical (unpaired) electrons. The molecule has 1 aliphatic heterocycles. The Morgan fingerprint density at radius 2 is 0.984 bits per heavy atom. The van der Waals surface area contributed by atoms with Crippen molar-refractivity contribution in [2.24, 2.45) is 29.1 Å². The summed E-state index contributed by atoms with van der Waals surface area (Å²) in [6, 6.07) is 60.9. The highest BCUT2D eigenvalue weighted by Gasteiger charge is 2.79. The van der Waals surface area contributed by atoms with E-state index in [-0.39, 0.29) is 5.41 Å². The van der Waals surface area contributed by atoms with Crippen molar-refractivity contribution < 1.29 is 0 Å². The predicted octanol–water partition coefficient (Wildman–Crippen LogP) is 12.7. The van der Waals surface area contributed by atoms with Gasteiger partial charge in [-0.15, -0.1) is 0 Å². The van der Waals surface area contributed by atoms with Crippen molar-refractivity contribution in [1.29, 1.82) is 0 Å². The van der Waals surface area contributed by atoms with Crippen molar-refractivity contribution in [2.45, 2.75) is 50.6 Å². The Balaban J connectivity index is 0.970. The van der Waals surface area contributed by atoms with Gasteiger partial charge in [0.1, 0.15) is 8.07 Å². The largest absolute Gasteiger partial charge is 0.208 e. The van der Waals surface area contributed by atoms with Gasteiger partial charge in [0.2, 0.25) is 0 Å². The van der Waals surface area contributed by atoms with Gasteiger partial charge in [0.25, 0.3) is 0 Å². The van der Waals surface area contributed by atoms with Crippen LogP contribution in [0.4, 0.5) is 0 Å². The Hall–Kier alpha value is -6.23. The van der Waals surface area contributed by atoms with Crippen molar-refractivity contribution in [2.75, 3.05) is 0 Å². The summed E-state index contributed by atoms with van der Waals surface area (Å²) in [5, 5.41) is 3.14. The number of aromatic nitrogens is 3. The van der Waals surface area contributed by atoms with E-state index in [1.807, 2.05) is 0 Å². The lowest BCUT2D eigenvalue weighted by atomic mass is 9.38. The molecular formula is C58H47N3Si. The fraction of sp³-hybridized carbons (Fsp3) is 0.224. The van der Waals surface area contributed by atoms with Gasteiger partial charge in [0.15, 0.2) is 17.5 Å². The maximum atomic E-state index is 5.44. The van der Waals surface area contributed by atoms with Gasteiger partial charge >= 0.3 is 0 Å². The van der Waals surface area contributed by atoms with E-state index in [1.165, 1.54) is 76.6 Å². The summed E-state index contributed by atoms with van der Waals surface area (Å²) in [5.41, 5.74) is 17.4. The SMILES string of the molecule is C[Si]1(C)c2ccccc2-c2ccc(-c3ccc4c(c3)C3(c5cccc(-c6nc(-c7ccccc7)nc(-c7cccc(-c8ccccc8)c7)n6)c5-4)C4CC5CC6CC3C4(C5)C6)cc21. The third kappa shape index (κ3) is 4.58. The topological polar surface area (TPSA) is 38.7 Å². The minimum absolute atomic E-state index is 0.0176. The Kier molecular flexibility index (Phi) is 7.10. The van der Waals surface area contributed by atoms with Crippen LogP contribution in [-0.2, 0) is 5.41 Å². The van der Waals surface area contributed by atoms with Crippen LogP contribution in [0.25, 0.3) is 78.7 Å². The average molecular weight is 814 g/mol.